The topological polar surface area (TPSA) is 125 Å². The number of carboxylic acids is 1. The molecule has 0 aliphatic carbocycles. The number of hydrogen-bond acceptors (Lipinski definition) is 8. The van der Waals surface area contributed by atoms with E-state index in [2.05, 4.69) is 0 Å². The van der Waals surface area contributed by atoms with Crippen LogP contribution in [-0.4, -0.2) is 29.0 Å². The van der Waals surface area contributed by atoms with Crippen LogP contribution in [0.2, 0.25) is 10.0 Å². The predicted octanol–water partition coefficient (Wildman–Crippen LogP) is 5.11. The van der Waals surface area contributed by atoms with Gasteiger partial charge in [-0.15, -0.1) is 0 Å². The normalized spacial score (nSPS) is 14.2. The molecule has 0 saturated carbocycles. The van der Waals surface area contributed by atoms with Gasteiger partial charge in [-0.25, -0.2) is 9.59 Å². The molecule has 0 unspecified atom stereocenters. The molecule has 36 heavy (non-hydrogen) atoms. The minimum atomic E-state index is -1.72. The van der Waals surface area contributed by atoms with E-state index in [1.165, 1.54) is 50.2 Å². The summed E-state index contributed by atoms with van der Waals surface area (Å²) in [5, 5.41) is 9.72. The highest BCUT2D eigenvalue weighted by Crippen LogP contribution is 2.59. The third kappa shape index (κ3) is 3.47. The van der Waals surface area contributed by atoms with Crippen molar-refractivity contribution in [2.75, 3.05) is 0 Å². The fourth-order valence-electron chi connectivity index (χ4n) is 4.41. The van der Waals surface area contributed by atoms with E-state index in [1.54, 1.807) is 6.07 Å². The number of fused-ring (bicyclic) bond motifs is 6. The molecule has 11 heteroatoms. The number of rotatable bonds is 3. The van der Waals surface area contributed by atoms with Crippen LogP contribution in [0.5, 0.6) is 23.0 Å². The fourth-order valence-corrected chi connectivity index (χ4v) is 4.81. The molecule has 2 aliphatic rings. The molecule has 3 aromatic carbocycles. The Bertz CT molecular complexity index is 1450. The minimum Gasteiger partial charge on any atom is -0.478 e. The van der Waals surface area contributed by atoms with Gasteiger partial charge in [-0.3, -0.25) is 9.59 Å². The van der Waals surface area contributed by atoms with Crippen molar-refractivity contribution in [2.45, 2.75) is 19.4 Å². The number of halogens is 2. The van der Waals surface area contributed by atoms with Gasteiger partial charge in [-0.2, -0.15) is 0 Å². The molecule has 2 aliphatic heterocycles. The first kappa shape index (κ1) is 23.7. The molecule has 3 aromatic rings. The van der Waals surface area contributed by atoms with Gasteiger partial charge in [-0.1, -0.05) is 35.3 Å². The third-order valence-corrected chi connectivity index (χ3v) is 6.27. The Morgan fingerprint density at radius 1 is 0.861 bits per heavy atom. The summed E-state index contributed by atoms with van der Waals surface area (Å²) in [5.41, 5.74) is -1.44. The summed E-state index contributed by atoms with van der Waals surface area (Å²) >= 11 is 12.8. The third-order valence-electron chi connectivity index (χ3n) is 5.68. The molecule has 0 fully saturated rings. The number of benzene rings is 3. The molecule has 0 saturated heterocycles. The van der Waals surface area contributed by atoms with E-state index in [4.69, 9.17) is 42.1 Å². The fraction of sp³-hybridized carbons (Fsp3) is 0.120. The summed E-state index contributed by atoms with van der Waals surface area (Å²) in [4.78, 5) is 48.2. The second-order valence-electron chi connectivity index (χ2n) is 7.95. The van der Waals surface area contributed by atoms with Gasteiger partial charge in [0.15, 0.2) is 17.1 Å². The zero-order valence-corrected chi connectivity index (χ0v) is 20.0. The van der Waals surface area contributed by atoms with Gasteiger partial charge in [0.25, 0.3) is 0 Å². The lowest BCUT2D eigenvalue weighted by Crippen LogP contribution is -2.33. The van der Waals surface area contributed by atoms with Crippen LogP contribution in [0.3, 0.4) is 0 Å². The Morgan fingerprint density at radius 3 is 1.86 bits per heavy atom. The molecule has 182 valence electrons. The Kier molecular flexibility index (Phi) is 5.42. The first-order chi connectivity index (χ1) is 17.0. The predicted molar refractivity (Wildman–Crippen MR) is 124 cm³/mol. The molecule has 0 amide bonds. The second kappa shape index (κ2) is 8.25. The maximum absolute atomic E-state index is 13.1. The highest BCUT2D eigenvalue weighted by molar-refractivity contribution is 6.33. The molecule has 0 atom stereocenters. The van der Waals surface area contributed by atoms with Crippen molar-refractivity contribution in [2.24, 2.45) is 0 Å². The van der Waals surface area contributed by atoms with E-state index in [-0.39, 0.29) is 60.9 Å². The first-order valence-electron chi connectivity index (χ1n) is 10.4. The van der Waals surface area contributed by atoms with Crippen LogP contribution in [-0.2, 0) is 19.9 Å². The molecule has 1 spiro atoms. The summed E-state index contributed by atoms with van der Waals surface area (Å²) in [6, 6.07) is 9.81. The van der Waals surface area contributed by atoms with Gasteiger partial charge in [0.2, 0.25) is 0 Å². The number of hydrogen-bond donors (Lipinski definition) is 1. The summed E-state index contributed by atoms with van der Waals surface area (Å²) < 4.78 is 22.3. The van der Waals surface area contributed by atoms with Crippen LogP contribution in [0, 0.1) is 0 Å². The van der Waals surface area contributed by atoms with Gasteiger partial charge in [0.1, 0.15) is 11.5 Å². The molecule has 2 heterocycles. The van der Waals surface area contributed by atoms with Crippen LogP contribution in [0.15, 0.2) is 42.5 Å². The summed E-state index contributed by atoms with van der Waals surface area (Å²) in [6.45, 7) is 2.40. The van der Waals surface area contributed by atoms with E-state index < -0.39 is 29.5 Å². The summed E-state index contributed by atoms with van der Waals surface area (Å²) in [5.74, 6) is -3.30. The van der Waals surface area contributed by atoms with Crippen molar-refractivity contribution in [3.63, 3.8) is 0 Å². The molecule has 0 radical (unpaired) electrons. The van der Waals surface area contributed by atoms with Gasteiger partial charge < -0.3 is 24.1 Å². The van der Waals surface area contributed by atoms with Gasteiger partial charge in [0.05, 0.1) is 21.2 Å². The Labute approximate surface area is 213 Å². The average Bonchev–Trinajstić information content (AvgIpc) is 3.09. The van der Waals surface area contributed by atoms with Crippen LogP contribution >= 0.6 is 23.2 Å². The number of ether oxygens (including phenoxy) is 4. The van der Waals surface area contributed by atoms with Crippen molar-refractivity contribution in [1.82, 2.24) is 0 Å². The smallest absolute Gasteiger partial charge is 0.341 e. The monoisotopic (exact) mass is 528 g/mol. The van der Waals surface area contributed by atoms with Crippen molar-refractivity contribution in [3.05, 3.63) is 80.3 Å². The number of carboxylic acid groups (broad SMARTS) is 1. The molecule has 0 bridgehead atoms. The minimum absolute atomic E-state index is 0.0110. The van der Waals surface area contributed by atoms with E-state index in [0.29, 0.717) is 0 Å². The maximum atomic E-state index is 13.1. The molecule has 5 rings (SSSR count). The van der Waals surface area contributed by atoms with Crippen LogP contribution in [0.4, 0.5) is 0 Å². The zero-order valence-electron chi connectivity index (χ0n) is 18.5. The largest absolute Gasteiger partial charge is 0.478 e. The van der Waals surface area contributed by atoms with Crippen molar-refractivity contribution in [1.29, 1.82) is 0 Å². The average molecular weight is 529 g/mol. The highest BCUT2D eigenvalue weighted by Gasteiger charge is 2.55. The SMILES string of the molecule is CC(=O)Oc1cc2c(cc1Cl)C1(OC(=O)c3c(C(=O)O)cccc31)c1cc(Cl)c(OC(C)=O)cc1O2. The maximum Gasteiger partial charge on any atom is 0.341 e. The van der Waals surface area contributed by atoms with Gasteiger partial charge in [0, 0.05) is 42.7 Å². The van der Waals surface area contributed by atoms with E-state index in [1.807, 2.05) is 0 Å². The molecular weight excluding hydrogens is 515 g/mol. The van der Waals surface area contributed by atoms with Crippen LogP contribution in [0.25, 0.3) is 0 Å². The first-order valence-corrected chi connectivity index (χ1v) is 11.1. The molecule has 9 nitrogen and oxygen atoms in total. The van der Waals surface area contributed by atoms with E-state index >= 15 is 0 Å². The zero-order chi connectivity index (χ0) is 25.9. The Morgan fingerprint density at radius 2 is 1.39 bits per heavy atom. The van der Waals surface area contributed by atoms with Crippen molar-refractivity contribution < 1.29 is 43.2 Å². The second-order valence-corrected chi connectivity index (χ2v) is 8.77. The highest BCUT2D eigenvalue weighted by atomic mass is 35.5. The number of carbonyl (C=O) groups is 4. The lowest BCUT2D eigenvalue weighted by molar-refractivity contribution is -0.132. The van der Waals surface area contributed by atoms with Gasteiger partial charge >= 0.3 is 23.9 Å². The number of carbonyl (C=O) groups excluding carboxylic acids is 3. The molecule has 1 N–H and O–H groups in total. The summed E-state index contributed by atoms with van der Waals surface area (Å²) in [6.07, 6.45) is 0. The lowest BCUT2D eigenvalue weighted by Gasteiger charge is -2.37. The molecular formula is C25H14Cl2O9. The Hall–Kier alpha value is -4.08. The number of esters is 3. The quantitative estimate of drug-likeness (QED) is 0.364. The Balaban J connectivity index is 1.86. The number of aromatic carboxylic acids is 1. The van der Waals surface area contributed by atoms with Crippen molar-refractivity contribution in [3.8, 4) is 23.0 Å². The lowest BCUT2D eigenvalue weighted by atomic mass is 9.77. The molecule has 0 aromatic heterocycles. The van der Waals surface area contributed by atoms with Crippen LogP contribution in [0.1, 0.15) is 51.3 Å². The van der Waals surface area contributed by atoms with E-state index in [9.17, 15) is 24.3 Å². The standard InChI is InChI=1S/C25H14Cl2O9/c1-10(28)33-20-8-18-14(6-16(20)26)25(13-5-3-4-12(23(30)31)22(13)24(32)36-25)15-7-17(27)21(34-11(2)29)9-19(15)35-18/h3-9H,1-2H3,(H,30,31). The van der Waals surface area contributed by atoms with Crippen molar-refractivity contribution >= 4 is 47.1 Å². The van der Waals surface area contributed by atoms with Crippen LogP contribution < -0.4 is 14.2 Å². The van der Waals surface area contributed by atoms with E-state index in [0.717, 1.165) is 0 Å². The summed E-state index contributed by atoms with van der Waals surface area (Å²) in [7, 11) is 0. The van der Waals surface area contributed by atoms with Gasteiger partial charge in [-0.05, 0) is 18.2 Å².